The molecule has 0 unspecified atom stereocenters. The van der Waals surface area contributed by atoms with Gasteiger partial charge in [-0.15, -0.1) is 0 Å². The highest BCUT2D eigenvalue weighted by molar-refractivity contribution is 5.76. The van der Waals surface area contributed by atoms with Crippen molar-refractivity contribution in [3.05, 3.63) is 30.1 Å². The molecule has 0 radical (unpaired) electrons. The minimum atomic E-state index is -0.213. The normalized spacial score (nSPS) is 16.0. The second kappa shape index (κ2) is 6.04. The zero-order valence-corrected chi connectivity index (χ0v) is 11.6. The van der Waals surface area contributed by atoms with E-state index in [1.54, 1.807) is 12.1 Å². The van der Waals surface area contributed by atoms with Crippen molar-refractivity contribution in [2.75, 3.05) is 31.1 Å². The van der Waals surface area contributed by atoms with E-state index in [0.717, 1.165) is 31.9 Å². The van der Waals surface area contributed by atoms with Gasteiger partial charge in [0, 0.05) is 38.3 Å². The Morgan fingerprint density at radius 2 is 1.74 bits per heavy atom. The zero-order valence-electron chi connectivity index (χ0n) is 11.6. The number of amides is 1. The number of nitrogens with zero attached hydrogens (tertiary/aromatic N) is 2. The summed E-state index contributed by atoms with van der Waals surface area (Å²) in [7, 11) is 0. The summed E-state index contributed by atoms with van der Waals surface area (Å²) in [6.07, 6.45) is 0.622. The monoisotopic (exact) mass is 264 g/mol. The molecular weight excluding hydrogens is 243 g/mol. The number of rotatable bonds is 3. The third-order valence-corrected chi connectivity index (χ3v) is 3.41. The molecule has 0 aliphatic carbocycles. The standard InChI is InChI=1S/C15H21FN2O/c1-12(2)11-15(19)18-9-7-17(8-10-18)14-5-3-13(16)4-6-14/h3-6,12H,7-11H2,1-2H3. The molecule has 0 atom stereocenters. The third-order valence-electron chi connectivity index (χ3n) is 3.41. The Kier molecular flexibility index (Phi) is 4.40. The molecule has 0 aromatic heterocycles. The highest BCUT2D eigenvalue weighted by Gasteiger charge is 2.21. The van der Waals surface area contributed by atoms with Crippen molar-refractivity contribution >= 4 is 11.6 Å². The summed E-state index contributed by atoms with van der Waals surface area (Å²) in [5.74, 6) is 0.436. The first-order valence-corrected chi connectivity index (χ1v) is 6.84. The maximum absolute atomic E-state index is 12.9. The van der Waals surface area contributed by atoms with Crippen molar-refractivity contribution in [3.63, 3.8) is 0 Å². The van der Waals surface area contributed by atoms with Crippen LogP contribution in [0.2, 0.25) is 0 Å². The van der Waals surface area contributed by atoms with E-state index in [2.05, 4.69) is 18.7 Å². The largest absolute Gasteiger partial charge is 0.368 e. The van der Waals surface area contributed by atoms with Gasteiger partial charge >= 0.3 is 0 Å². The van der Waals surface area contributed by atoms with Crippen molar-refractivity contribution < 1.29 is 9.18 Å². The lowest BCUT2D eigenvalue weighted by molar-refractivity contribution is -0.132. The Balaban J connectivity index is 1.88. The maximum atomic E-state index is 12.9. The molecule has 1 aliphatic heterocycles. The summed E-state index contributed by atoms with van der Waals surface area (Å²) in [4.78, 5) is 16.1. The molecule has 19 heavy (non-hydrogen) atoms. The Morgan fingerprint density at radius 3 is 2.26 bits per heavy atom. The fraction of sp³-hybridized carbons (Fsp3) is 0.533. The Bertz CT molecular complexity index is 422. The molecule has 104 valence electrons. The summed E-state index contributed by atoms with van der Waals surface area (Å²) >= 11 is 0. The first-order valence-electron chi connectivity index (χ1n) is 6.84. The second-order valence-electron chi connectivity index (χ2n) is 5.44. The summed E-state index contributed by atoms with van der Waals surface area (Å²) in [6, 6.07) is 6.54. The summed E-state index contributed by atoms with van der Waals surface area (Å²) in [6.45, 7) is 7.26. The first-order chi connectivity index (χ1) is 9.06. The van der Waals surface area contributed by atoms with Gasteiger partial charge in [0.15, 0.2) is 0 Å². The number of hydrogen-bond acceptors (Lipinski definition) is 2. The van der Waals surface area contributed by atoms with Crippen LogP contribution >= 0.6 is 0 Å². The fourth-order valence-electron chi connectivity index (χ4n) is 2.34. The molecule has 1 heterocycles. The van der Waals surface area contributed by atoms with Gasteiger partial charge in [0.05, 0.1) is 0 Å². The van der Waals surface area contributed by atoms with Gasteiger partial charge in [0.2, 0.25) is 5.91 Å². The Morgan fingerprint density at radius 1 is 1.16 bits per heavy atom. The minimum absolute atomic E-state index is 0.213. The smallest absolute Gasteiger partial charge is 0.222 e. The molecule has 1 fully saturated rings. The molecule has 4 heteroatoms. The summed E-state index contributed by atoms with van der Waals surface area (Å²) < 4.78 is 12.9. The van der Waals surface area contributed by atoms with Gasteiger partial charge in [-0.3, -0.25) is 4.79 Å². The van der Waals surface area contributed by atoms with Crippen molar-refractivity contribution in [1.82, 2.24) is 4.90 Å². The molecule has 3 nitrogen and oxygen atoms in total. The molecule has 1 amide bonds. The number of anilines is 1. The lowest BCUT2D eigenvalue weighted by Gasteiger charge is -2.36. The maximum Gasteiger partial charge on any atom is 0.222 e. The highest BCUT2D eigenvalue weighted by atomic mass is 19.1. The number of benzene rings is 1. The van der Waals surface area contributed by atoms with Crippen LogP contribution in [0.5, 0.6) is 0 Å². The van der Waals surface area contributed by atoms with Gasteiger partial charge in [0.1, 0.15) is 5.82 Å². The molecule has 1 aromatic carbocycles. The number of carbonyl (C=O) groups excluding carboxylic acids is 1. The van der Waals surface area contributed by atoms with Crippen molar-refractivity contribution in [3.8, 4) is 0 Å². The fourth-order valence-corrected chi connectivity index (χ4v) is 2.34. The van der Waals surface area contributed by atoms with Gasteiger partial charge in [-0.05, 0) is 30.2 Å². The van der Waals surface area contributed by atoms with Crippen LogP contribution in [-0.4, -0.2) is 37.0 Å². The highest BCUT2D eigenvalue weighted by Crippen LogP contribution is 2.17. The number of carbonyl (C=O) groups is 1. The molecule has 0 bridgehead atoms. The van der Waals surface area contributed by atoms with Crippen LogP contribution in [0.3, 0.4) is 0 Å². The van der Waals surface area contributed by atoms with E-state index in [0.29, 0.717) is 12.3 Å². The van der Waals surface area contributed by atoms with E-state index in [1.165, 1.54) is 12.1 Å². The van der Waals surface area contributed by atoms with E-state index in [4.69, 9.17) is 0 Å². The lowest BCUT2D eigenvalue weighted by Crippen LogP contribution is -2.49. The van der Waals surface area contributed by atoms with Crippen molar-refractivity contribution in [2.24, 2.45) is 5.92 Å². The van der Waals surface area contributed by atoms with Gasteiger partial charge in [0.25, 0.3) is 0 Å². The Hall–Kier alpha value is -1.58. The van der Waals surface area contributed by atoms with E-state index in [1.807, 2.05) is 4.90 Å². The van der Waals surface area contributed by atoms with Crippen LogP contribution in [0.25, 0.3) is 0 Å². The first kappa shape index (κ1) is 13.8. The van der Waals surface area contributed by atoms with Gasteiger partial charge in [-0.25, -0.2) is 4.39 Å². The molecule has 0 saturated carbocycles. The van der Waals surface area contributed by atoms with Gasteiger partial charge in [-0.1, -0.05) is 13.8 Å². The van der Waals surface area contributed by atoms with E-state index in [9.17, 15) is 9.18 Å². The number of hydrogen-bond donors (Lipinski definition) is 0. The number of halogens is 1. The molecule has 0 spiro atoms. The molecular formula is C15H21FN2O. The van der Waals surface area contributed by atoms with E-state index in [-0.39, 0.29) is 11.7 Å². The minimum Gasteiger partial charge on any atom is -0.368 e. The second-order valence-corrected chi connectivity index (χ2v) is 5.44. The number of piperazine rings is 1. The van der Waals surface area contributed by atoms with Crippen molar-refractivity contribution in [1.29, 1.82) is 0 Å². The molecule has 1 saturated heterocycles. The Labute approximate surface area is 114 Å². The molecule has 0 N–H and O–H groups in total. The van der Waals surface area contributed by atoms with Gasteiger partial charge in [-0.2, -0.15) is 0 Å². The zero-order chi connectivity index (χ0) is 13.8. The molecule has 1 aliphatic rings. The molecule has 1 aromatic rings. The average Bonchev–Trinajstić information content (AvgIpc) is 2.39. The van der Waals surface area contributed by atoms with E-state index < -0.39 is 0 Å². The quantitative estimate of drug-likeness (QED) is 0.837. The van der Waals surface area contributed by atoms with Crippen LogP contribution in [0.15, 0.2) is 24.3 Å². The van der Waals surface area contributed by atoms with Gasteiger partial charge < -0.3 is 9.80 Å². The predicted octanol–water partition coefficient (Wildman–Crippen LogP) is 2.52. The predicted molar refractivity (Wildman–Crippen MR) is 74.6 cm³/mol. The van der Waals surface area contributed by atoms with Crippen LogP contribution in [0.1, 0.15) is 20.3 Å². The van der Waals surface area contributed by atoms with Crippen molar-refractivity contribution in [2.45, 2.75) is 20.3 Å². The topological polar surface area (TPSA) is 23.6 Å². The molecule has 2 rings (SSSR count). The summed E-state index contributed by atoms with van der Waals surface area (Å²) in [5.41, 5.74) is 1.03. The van der Waals surface area contributed by atoms with Crippen LogP contribution in [0, 0.1) is 11.7 Å². The lowest BCUT2D eigenvalue weighted by atomic mass is 10.1. The SMILES string of the molecule is CC(C)CC(=O)N1CCN(c2ccc(F)cc2)CC1. The average molecular weight is 264 g/mol. The summed E-state index contributed by atoms with van der Waals surface area (Å²) in [5, 5.41) is 0. The third kappa shape index (κ3) is 3.69. The van der Waals surface area contributed by atoms with Crippen LogP contribution < -0.4 is 4.90 Å². The van der Waals surface area contributed by atoms with Crippen LogP contribution in [0.4, 0.5) is 10.1 Å². The van der Waals surface area contributed by atoms with E-state index >= 15 is 0 Å². The van der Waals surface area contributed by atoms with Crippen LogP contribution in [-0.2, 0) is 4.79 Å².